The number of nitrogens with zero attached hydrogens (tertiary/aromatic N) is 2. The number of carboxylic acid groups (broad SMARTS) is 1. The molecule has 4 N–H and O–H groups in total. The highest BCUT2D eigenvalue weighted by Gasteiger charge is 2.55. The number of fused-ring (bicyclic) bond motifs is 1. The number of pyridine rings is 1. The van der Waals surface area contributed by atoms with Crippen LogP contribution >= 0.6 is 0 Å². The summed E-state index contributed by atoms with van der Waals surface area (Å²) in [7, 11) is 1.84. The molecular formula is C20H22F2N4O3. The van der Waals surface area contributed by atoms with E-state index in [0.717, 1.165) is 31.9 Å². The van der Waals surface area contributed by atoms with Crippen LogP contribution in [0.25, 0.3) is 10.9 Å². The zero-order valence-corrected chi connectivity index (χ0v) is 16.0. The molecule has 1 saturated heterocycles. The molecule has 1 aliphatic heterocycles. The Morgan fingerprint density at radius 1 is 1.31 bits per heavy atom. The molecule has 2 saturated carbocycles. The fraction of sp³-hybridized carbons (Fsp3) is 0.500. The molecule has 0 radical (unpaired) electrons. The third-order valence-electron chi connectivity index (χ3n) is 6.74. The number of hydrogen-bond donors (Lipinski definition) is 3. The van der Waals surface area contributed by atoms with Crippen molar-refractivity contribution in [1.82, 2.24) is 9.88 Å². The predicted molar refractivity (Wildman–Crippen MR) is 104 cm³/mol. The Morgan fingerprint density at radius 2 is 2.00 bits per heavy atom. The molecule has 9 heteroatoms. The second-order valence-corrected chi connectivity index (χ2v) is 8.51. The topological polar surface area (TPSA) is 101 Å². The Labute approximate surface area is 165 Å². The molecule has 7 nitrogen and oxygen atoms in total. The summed E-state index contributed by atoms with van der Waals surface area (Å²) in [5.41, 5.74) is 3.68. The van der Waals surface area contributed by atoms with Gasteiger partial charge in [0.1, 0.15) is 11.3 Å². The van der Waals surface area contributed by atoms with Gasteiger partial charge in [0, 0.05) is 36.8 Å². The number of carboxylic acids is 1. The van der Waals surface area contributed by atoms with Gasteiger partial charge in [-0.2, -0.15) is 0 Å². The number of nitrogen functional groups attached to an aromatic ring is 1. The van der Waals surface area contributed by atoms with Crippen LogP contribution in [-0.4, -0.2) is 41.8 Å². The maximum Gasteiger partial charge on any atom is 0.341 e. The first-order valence-corrected chi connectivity index (χ1v) is 9.80. The van der Waals surface area contributed by atoms with Gasteiger partial charge in [0.15, 0.2) is 11.6 Å². The SMILES string of the molecule is CN[C@H]1CN(c2c(F)c(N)c3c(=O)c(C(=O)O)cn(C4CC4)c3c2F)CC12CC2. The number of aromatic carboxylic acids is 1. The number of halogens is 2. The molecule has 5 rings (SSSR count). The van der Waals surface area contributed by atoms with E-state index in [2.05, 4.69) is 5.32 Å². The number of carbonyl (C=O) groups is 1. The van der Waals surface area contributed by atoms with Crippen LogP contribution in [0.15, 0.2) is 11.0 Å². The Kier molecular flexibility index (Phi) is 3.74. The molecule has 1 aromatic heterocycles. The molecule has 1 atom stereocenters. The molecular weight excluding hydrogens is 382 g/mol. The third-order valence-corrected chi connectivity index (χ3v) is 6.74. The van der Waals surface area contributed by atoms with E-state index in [1.807, 2.05) is 7.05 Å². The van der Waals surface area contributed by atoms with Crippen molar-refractivity contribution in [3.05, 3.63) is 33.6 Å². The summed E-state index contributed by atoms with van der Waals surface area (Å²) in [5.74, 6) is -3.28. The van der Waals surface area contributed by atoms with Crippen LogP contribution in [0.4, 0.5) is 20.2 Å². The van der Waals surface area contributed by atoms with Crippen molar-refractivity contribution in [2.45, 2.75) is 37.8 Å². The molecule has 0 bridgehead atoms. The molecule has 3 aliphatic rings. The van der Waals surface area contributed by atoms with Crippen molar-refractivity contribution in [3.8, 4) is 0 Å². The summed E-state index contributed by atoms with van der Waals surface area (Å²) in [5, 5.41) is 12.2. The number of likely N-dealkylation sites (N-methyl/N-ethyl adjacent to an activating group) is 1. The number of anilines is 2. The minimum atomic E-state index is -1.44. The lowest BCUT2D eigenvalue weighted by atomic mass is 10.0. The minimum Gasteiger partial charge on any atom is -0.477 e. The van der Waals surface area contributed by atoms with Gasteiger partial charge >= 0.3 is 5.97 Å². The standard InChI is InChI=1S/C20H22F2N4O3/c1-24-11-7-25(8-20(11)4-5-20)17-13(21)15(23)12-16(14(17)22)26(9-2-3-9)6-10(18(12)27)19(28)29/h6,9,11,24H,2-5,7-8,23H2,1H3,(H,28,29)/t11-/m0/s1. The van der Waals surface area contributed by atoms with E-state index < -0.39 is 34.3 Å². The molecule has 29 heavy (non-hydrogen) atoms. The highest BCUT2D eigenvalue weighted by atomic mass is 19.1. The summed E-state index contributed by atoms with van der Waals surface area (Å²) in [6.07, 6.45) is 4.62. The molecule has 2 aliphatic carbocycles. The van der Waals surface area contributed by atoms with Crippen molar-refractivity contribution in [1.29, 1.82) is 0 Å². The van der Waals surface area contributed by atoms with Crippen molar-refractivity contribution in [2.75, 3.05) is 30.8 Å². The first-order chi connectivity index (χ1) is 13.8. The van der Waals surface area contributed by atoms with Crippen LogP contribution in [0.1, 0.15) is 42.1 Å². The highest BCUT2D eigenvalue weighted by Crippen LogP contribution is 2.54. The molecule has 2 aromatic rings. The number of nitrogens with two attached hydrogens (primary N) is 1. The zero-order chi connectivity index (χ0) is 20.7. The van der Waals surface area contributed by atoms with Gasteiger partial charge in [-0.1, -0.05) is 0 Å². The molecule has 0 amide bonds. The van der Waals surface area contributed by atoms with E-state index in [1.165, 1.54) is 4.57 Å². The summed E-state index contributed by atoms with van der Waals surface area (Å²) < 4.78 is 32.5. The van der Waals surface area contributed by atoms with E-state index in [1.54, 1.807) is 4.90 Å². The van der Waals surface area contributed by atoms with Crippen molar-refractivity contribution >= 4 is 28.2 Å². The zero-order valence-electron chi connectivity index (χ0n) is 16.0. The van der Waals surface area contributed by atoms with Crippen molar-refractivity contribution in [3.63, 3.8) is 0 Å². The monoisotopic (exact) mass is 404 g/mol. The van der Waals surface area contributed by atoms with Crippen LogP contribution in [-0.2, 0) is 0 Å². The molecule has 3 fully saturated rings. The van der Waals surface area contributed by atoms with Gasteiger partial charge in [0.2, 0.25) is 5.43 Å². The van der Waals surface area contributed by atoms with E-state index in [-0.39, 0.29) is 34.1 Å². The van der Waals surface area contributed by atoms with E-state index in [9.17, 15) is 14.7 Å². The summed E-state index contributed by atoms with van der Waals surface area (Å²) >= 11 is 0. The Morgan fingerprint density at radius 3 is 2.52 bits per heavy atom. The van der Waals surface area contributed by atoms with Crippen molar-refractivity contribution < 1.29 is 18.7 Å². The number of nitrogens with one attached hydrogen (secondary N) is 1. The summed E-state index contributed by atoms with van der Waals surface area (Å²) in [4.78, 5) is 25.9. The van der Waals surface area contributed by atoms with Crippen LogP contribution < -0.4 is 21.4 Å². The van der Waals surface area contributed by atoms with Gasteiger partial charge in [-0.3, -0.25) is 4.79 Å². The van der Waals surface area contributed by atoms with E-state index >= 15 is 8.78 Å². The molecule has 0 unspecified atom stereocenters. The van der Waals surface area contributed by atoms with Gasteiger partial charge in [0.25, 0.3) is 0 Å². The predicted octanol–water partition coefficient (Wildman–Crippen LogP) is 2.08. The van der Waals surface area contributed by atoms with Gasteiger partial charge in [-0.15, -0.1) is 0 Å². The highest BCUT2D eigenvalue weighted by molar-refractivity contribution is 5.99. The second kappa shape index (κ2) is 5.91. The van der Waals surface area contributed by atoms with E-state index in [0.29, 0.717) is 13.1 Å². The van der Waals surface area contributed by atoms with Crippen LogP contribution in [0.3, 0.4) is 0 Å². The van der Waals surface area contributed by atoms with Gasteiger partial charge in [-0.25, -0.2) is 13.6 Å². The quantitative estimate of drug-likeness (QED) is 0.675. The first-order valence-electron chi connectivity index (χ1n) is 9.80. The average Bonchev–Trinajstić information content (AvgIpc) is 3.58. The number of rotatable bonds is 4. The first kappa shape index (κ1) is 18.4. The molecule has 1 aromatic carbocycles. The van der Waals surface area contributed by atoms with Gasteiger partial charge in [0.05, 0.1) is 16.6 Å². The lowest BCUT2D eigenvalue weighted by molar-refractivity contribution is 0.0695. The Bertz CT molecular complexity index is 1120. The maximum atomic E-state index is 15.8. The number of hydrogen-bond acceptors (Lipinski definition) is 5. The maximum absolute atomic E-state index is 15.8. The number of benzene rings is 1. The fourth-order valence-electron chi connectivity index (χ4n) is 4.83. The van der Waals surface area contributed by atoms with Crippen LogP contribution in [0.2, 0.25) is 0 Å². The normalized spacial score (nSPS) is 22.6. The van der Waals surface area contributed by atoms with Crippen LogP contribution in [0, 0.1) is 17.0 Å². The largest absolute Gasteiger partial charge is 0.477 e. The van der Waals surface area contributed by atoms with E-state index in [4.69, 9.17) is 5.73 Å². The van der Waals surface area contributed by atoms with Crippen LogP contribution in [0.5, 0.6) is 0 Å². The molecule has 154 valence electrons. The third kappa shape index (κ3) is 2.49. The minimum absolute atomic E-state index is 0.0146. The van der Waals surface area contributed by atoms with Crippen molar-refractivity contribution in [2.24, 2.45) is 5.41 Å². The number of aromatic nitrogens is 1. The average molecular weight is 404 g/mol. The molecule has 2 heterocycles. The van der Waals surface area contributed by atoms with Gasteiger partial charge < -0.3 is 25.6 Å². The Hall–Kier alpha value is -2.68. The summed E-state index contributed by atoms with van der Waals surface area (Å²) in [6, 6.07) is 0.0000494. The summed E-state index contributed by atoms with van der Waals surface area (Å²) in [6.45, 7) is 0.953. The fourth-order valence-corrected chi connectivity index (χ4v) is 4.83. The smallest absolute Gasteiger partial charge is 0.341 e. The van der Waals surface area contributed by atoms with Gasteiger partial charge in [-0.05, 0) is 32.7 Å². The lowest BCUT2D eigenvalue weighted by Crippen LogP contribution is -2.34. The molecule has 1 spiro atoms. The second-order valence-electron chi connectivity index (χ2n) is 8.51. The Balaban J connectivity index is 1.78. The lowest BCUT2D eigenvalue weighted by Gasteiger charge is -2.23.